The molecule has 0 saturated carbocycles. The average molecular weight is 403 g/mol. The third-order valence-electron chi connectivity index (χ3n) is 3.43. The Hall–Kier alpha value is -2.65. The summed E-state index contributed by atoms with van der Waals surface area (Å²) < 4.78 is 5.21. The van der Waals surface area contributed by atoms with Crippen LogP contribution >= 0.6 is 23.1 Å². The lowest BCUT2D eigenvalue weighted by Crippen LogP contribution is -2.27. The van der Waals surface area contributed by atoms with Gasteiger partial charge in [0.1, 0.15) is 10.8 Å². The number of nitrogens with one attached hydrogen (secondary N) is 2. The van der Waals surface area contributed by atoms with E-state index in [1.165, 1.54) is 23.1 Å². The maximum atomic E-state index is 12.1. The Morgan fingerprint density at radius 1 is 1.11 bits per heavy atom. The van der Waals surface area contributed by atoms with Gasteiger partial charge in [-0.05, 0) is 24.3 Å². The van der Waals surface area contributed by atoms with E-state index in [9.17, 15) is 9.59 Å². The lowest BCUT2D eigenvalue weighted by molar-refractivity contribution is -0.118. The summed E-state index contributed by atoms with van der Waals surface area (Å²) in [4.78, 5) is 24.0. The third-order valence-corrected chi connectivity index (χ3v) is 5.47. The van der Waals surface area contributed by atoms with Crippen LogP contribution in [-0.4, -0.2) is 34.3 Å². The molecule has 0 aliphatic rings. The molecule has 3 rings (SSSR count). The quantitative estimate of drug-likeness (QED) is 0.571. The average Bonchev–Trinajstić information content (AvgIpc) is 3.35. The van der Waals surface area contributed by atoms with Crippen molar-refractivity contribution >= 4 is 40.6 Å². The third kappa shape index (κ3) is 6.22. The SMILES string of the molecule is O=C(CSCc1nnc(C(=O)Nc2ccccc2)s1)NCCc1ccco1. The van der Waals surface area contributed by atoms with Crippen LogP contribution in [-0.2, 0) is 17.0 Å². The van der Waals surface area contributed by atoms with Crippen molar-refractivity contribution < 1.29 is 14.0 Å². The highest BCUT2D eigenvalue weighted by Crippen LogP contribution is 2.18. The summed E-state index contributed by atoms with van der Waals surface area (Å²) in [6.45, 7) is 0.537. The summed E-state index contributed by atoms with van der Waals surface area (Å²) in [5, 5.41) is 14.6. The monoisotopic (exact) mass is 402 g/mol. The van der Waals surface area contributed by atoms with Gasteiger partial charge in [-0.25, -0.2) is 0 Å². The Bertz CT molecular complexity index is 866. The number of furan rings is 1. The Morgan fingerprint density at radius 2 is 1.96 bits per heavy atom. The predicted molar refractivity (Wildman–Crippen MR) is 106 cm³/mol. The zero-order valence-corrected chi connectivity index (χ0v) is 16.0. The molecule has 0 bridgehead atoms. The van der Waals surface area contributed by atoms with Crippen LogP contribution in [0.2, 0.25) is 0 Å². The van der Waals surface area contributed by atoms with Crippen LogP contribution in [0.5, 0.6) is 0 Å². The Labute approximate surface area is 164 Å². The molecule has 2 N–H and O–H groups in total. The number of hydrogen-bond acceptors (Lipinski definition) is 7. The first-order valence-electron chi connectivity index (χ1n) is 8.26. The van der Waals surface area contributed by atoms with Crippen molar-refractivity contribution in [3.8, 4) is 0 Å². The van der Waals surface area contributed by atoms with Crippen molar-refractivity contribution in [3.63, 3.8) is 0 Å². The van der Waals surface area contributed by atoms with Gasteiger partial charge < -0.3 is 15.1 Å². The highest BCUT2D eigenvalue weighted by molar-refractivity contribution is 7.99. The summed E-state index contributed by atoms with van der Waals surface area (Å²) in [6, 6.07) is 12.9. The highest BCUT2D eigenvalue weighted by atomic mass is 32.2. The summed E-state index contributed by atoms with van der Waals surface area (Å²) in [7, 11) is 0. The zero-order valence-electron chi connectivity index (χ0n) is 14.4. The maximum absolute atomic E-state index is 12.1. The van der Waals surface area contributed by atoms with Gasteiger partial charge in [0.05, 0.1) is 12.0 Å². The molecule has 2 heterocycles. The van der Waals surface area contributed by atoms with Crippen molar-refractivity contribution in [1.82, 2.24) is 15.5 Å². The van der Waals surface area contributed by atoms with Crippen molar-refractivity contribution in [3.05, 3.63) is 64.5 Å². The van der Waals surface area contributed by atoms with Crippen molar-refractivity contribution in [2.24, 2.45) is 0 Å². The molecule has 140 valence electrons. The number of anilines is 1. The molecular weight excluding hydrogens is 384 g/mol. The number of carbonyl (C=O) groups excluding carboxylic acids is 2. The van der Waals surface area contributed by atoms with Gasteiger partial charge in [-0.1, -0.05) is 29.5 Å². The topological polar surface area (TPSA) is 97.1 Å². The first kappa shape index (κ1) is 19.1. The summed E-state index contributed by atoms with van der Waals surface area (Å²) in [5.74, 6) is 1.37. The molecule has 0 unspecified atom stereocenters. The van der Waals surface area contributed by atoms with Crippen LogP contribution in [0.3, 0.4) is 0 Å². The van der Waals surface area contributed by atoms with E-state index in [1.807, 2.05) is 30.3 Å². The molecule has 9 heteroatoms. The van der Waals surface area contributed by atoms with Gasteiger partial charge in [0.25, 0.3) is 5.91 Å². The van der Waals surface area contributed by atoms with Gasteiger partial charge in [0.15, 0.2) is 0 Å². The lowest BCUT2D eigenvalue weighted by Gasteiger charge is -2.03. The number of thioether (sulfide) groups is 1. The molecule has 0 radical (unpaired) electrons. The fourth-order valence-electron chi connectivity index (χ4n) is 2.17. The van der Waals surface area contributed by atoms with Crippen LogP contribution in [0.4, 0.5) is 5.69 Å². The minimum absolute atomic E-state index is 0.0434. The zero-order chi connectivity index (χ0) is 18.9. The maximum Gasteiger partial charge on any atom is 0.286 e. The second kappa shape index (κ2) is 9.89. The molecule has 0 spiro atoms. The van der Waals surface area contributed by atoms with Crippen LogP contribution in [0.1, 0.15) is 20.6 Å². The van der Waals surface area contributed by atoms with Gasteiger partial charge in [0, 0.05) is 24.4 Å². The number of rotatable bonds is 9. The van der Waals surface area contributed by atoms with E-state index in [1.54, 1.807) is 18.4 Å². The molecule has 7 nitrogen and oxygen atoms in total. The van der Waals surface area contributed by atoms with Crippen LogP contribution in [0, 0.1) is 0 Å². The van der Waals surface area contributed by atoms with E-state index >= 15 is 0 Å². The Morgan fingerprint density at radius 3 is 2.74 bits per heavy atom. The van der Waals surface area contributed by atoms with Gasteiger partial charge in [-0.2, -0.15) is 0 Å². The summed E-state index contributed by atoms with van der Waals surface area (Å²) >= 11 is 2.66. The first-order chi connectivity index (χ1) is 13.2. The van der Waals surface area contributed by atoms with Gasteiger partial charge >= 0.3 is 0 Å². The van der Waals surface area contributed by atoms with Crippen LogP contribution in [0.25, 0.3) is 0 Å². The first-order valence-corrected chi connectivity index (χ1v) is 10.2. The fraction of sp³-hybridized carbons (Fsp3) is 0.222. The Balaban J connectivity index is 1.36. The molecular formula is C18H18N4O3S2. The number of benzene rings is 1. The minimum Gasteiger partial charge on any atom is -0.469 e. The second-order valence-corrected chi connectivity index (χ2v) is 7.54. The molecule has 3 aromatic rings. The standard InChI is InChI=1S/C18H18N4O3S2/c23-15(19-9-8-14-7-4-10-25-14)11-26-12-16-21-22-18(27-16)17(24)20-13-5-2-1-3-6-13/h1-7,10H,8-9,11-12H2,(H,19,23)(H,20,24). The molecule has 0 saturated heterocycles. The van der Waals surface area contributed by atoms with E-state index in [0.717, 1.165) is 5.76 Å². The smallest absolute Gasteiger partial charge is 0.286 e. The highest BCUT2D eigenvalue weighted by Gasteiger charge is 2.13. The number of para-hydroxylation sites is 1. The van der Waals surface area contributed by atoms with Crippen molar-refractivity contribution in [2.45, 2.75) is 12.2 Å². The van der Waals surface area contributed by atoms with Gasteiger partial charge in [0.2, 0.25) is 10.9 Å². The summed E-state index contributed by atoms with van der Waals surface area (Å²) in [6.07, 6.45) is 2.28. The number of carbonyl (C=O) groups is 2. The van der Waals surface area contributed by atoms with Crippen LogP contribution in [0.15, 0.2) is 53.1 Å². The minimum atomic E-state index is -0.286. The van der Waals surface area contributed by atoms with E-state index in [4.69, 9.17) is 4.42 Å². The number of aromatic nitrogens is 2. The molecule has 0 atom stereocenters. The van der Waals surface area contributed by atoms with Crippen molar-refractivity contribution in [1.29, 1.82) is 0 Å². The van der Waals surface area contributed by atoms with Gasteiger partial charge in [-0.15, -0.1) is 22.0 Å². The van der Waals surface area contributed by atoms with E-state index in [2.05, 4.69) is 20.8 Å². The Kier molecular flexibility index (Phi) is 7.00. The lowest BCUT2D eigenvalue weighted by atomic mass is 10.3. The van der Waals surface area contributed by atoms with E-state index in [-0.39, 0.29) is 11.8 Å². The van der Waals surface area contributed by atoms with Gasteiger partial charge in [-0.3, -0.25) is 9.59 Å². The molecule has 0 aliphatic heterocycles. The number of nitrogens with zero attached hydrogens (tertiary/aromatic N) is 2. The fourth-order valence-corrected chi connectivity index (χ4v) is 3.81. The normalized spacial score (nSPS) is 10.5. The molecule has 27 heavy (non-hydrogen) atoms. The largest absolute Gasteiger partial charge is 0.469 e. The van der Waals surface area contributed by atoms with Crippen LogP contribution < -0.4 is 10.6 Å². The van der Waals surface area contributed by atoms with Crippen molar-refractivity contribution in [2.75, 3.05) is 17.6 Å². The number of amides is 2. The molecule has 2 aromatic heterocycles. The molecule has 0 fully saturated rings. The summed E-state index contributed by atoms with van der Waals surface area (Å²) in [5.41, 5.74) is 0.708. The molecule has 2 amide bonds. The van der Waals surface area contributed by atoms with E-state index in [0.29, 0.717) is 40.2 Å². The predicted octanol–water partition coefficient (Wildman–Crippen LogP) is 2.98. The second-order valence-electron chi connectivity index (χ2n) is 5.49. The molecule has 0 aliphatic carbocycles. The number of hydrogen-bond donors (Lipinski definition) is 2. The molecule has 1 aromatic carbocycles. The van der Waals surface area contributed by atoms with E-state index < -0.39 is 0 Å².